The maximum Gasteiger partial charge on any atom is 0.261 e. The fourth-order valence-corrected chi connectivity index (χ4v) is 2.10. The molecule has 0 atom stereocenters. The molecule has 1 N–H and O–H groups in total. The molecule has 0 bridgehead atoms. The van der Waals surface area contributed by atoms with Crippen LogP contribution in [0.2, 0.25) is 0 Å². The third-order valence-electron chi connectivity index (χ3n) is 2.12. The SMILES string of the molecule is Cc1ccc(C(=O)NCc2ccccn2)s1. The smallest absolute Gasteiger partial charge is 0.261 e. The van der Waals surface area contributed by atoms with Crippen molar-refractivity contribution >= 4 is 17.2 Å². The predicted molar refractivity (Wildman–Crippen MR) is 64.5 cm³/mol. The van der Waals surface area contributed by atoms with E-state index in [-0.39, 0.29) is 5.91 Å². The standard InChI is InChI=1S/C12H12N2OS/c1-9-5-6-11(16-9)12(15)14-8-10-4-2-3-7-13-10/h2-7H,8H2,1H3,(H,14,15). The van der Waals surface area contributed by atoms with E-state index in [4.69, 9.17) is 0 Å². The van der Waals surface area contributed by atoms with E-state index in [0.29, 0.717) is 6.54 Å². The second-order valence-electron chi connectivity index (χ2n) is 3.41. The zero-order chi connectivity index (χ0) is 11.4. The van der Waals surface area contributed by atoms with E-state index in [0.717, 1.165) is 15.4 Å². The first-order chi connectivity index (χ1) is 7.75. The van der Waals surface area contributed by atoms with Crippen molar-refractivity contribution in [3.05, 3.63) is 52.0 Å². The lowest BCUT2D eigenvalue weighted by atomic mass is 10.3. The number of carbonyl (C=O) groups is 1. The number of pyridine rings is 1. The molecule has 0 aliphatic carbocycles. The molecule has 0 fully saturated rings. The topological polar surface area (TPSA) is 42.0 Å². The number of aryl methyl sites for hydroxylation is 1. The molecule has 2 heterocycles. The molecule has 0 aliphatic rings. The third kappa shape index (κ3) is 2.67. The molecular formula is C12H12N2OS. The Morgan fingerprint density at radius 3 is 2.88 bits per heavy atom. The van der Waals surface area contributed by atoms with Crippen LogP contribution in [0.5, 0.6) is 0 Å². The van der Waals surface area contributed by atoms with Crippen LogP contribution >= 0.6 is 11.3 Å². The van der Waals surface area contributed by atoms with Gasteiger partial charge in [-0.1, -0.05) is 6.07 Å². The first-order valence-corrected chi connectivity index (χ1v) is 5.82. The Bertz CT molecular complexity index is 479. The summed E-state index contributed by atoms with van der Waals surface area (Å²) in [5.74, 6) is -0.0382. The Morgan fingerprint density at radius 1 is 1.38 bits per heavy atom. The summed E-state index contributed by atoms with van der Waals surface area (Å²) in [6.45, 7) is 2.46. The third-order valence-corrected chi connectivity index (χ3v) is 3.12. The summed E-state index contributed by atoms with van der Waals surface area (Å²) < 4.78 is 0. The van der Waals surface area contributed by atoms with Crippen LogP contribution < -0.4 is 5.32 Å². The summed E-state index contributed by atoms with van der Waals surface area (Å²) in [7, 11) is 0. The Hall–Kier alpha value is -1.68. The van der Waals surface area contributed by atoms with Crippen LogP contribution in [0.1, 0.15) is 20.2 Å². The van der Waals surface area contributed by atoms with Crippen LogP contribution in [0.4, 0.5) is 0 Å². The summed E-state index contributed by atoms with van der Waals surface area (Å²) in [6.07, 6.45) is 1.72. The lowest BCUT2D eigenvalue weighted by Gasteiger charge is -2.02. The molecule has 0 spiro atoms. The van der Waals surface area contributed by atoms with Gasteiger partial charge >= 0.3 is 0 Å². The van der Waals surface area contributed by atoms with Crippen molar-refractivity contribution in [1.82, 2.24) is 10.3 Å². The highest BCUT2D eigenvalue weighted by molar-refractivity contribution is 7.13. The van der Waals surface area contributed by atoms with Crippen molar-refractivity contribution in [3.8, 4) is 0 Å². The molecule has 2 aromatic rings. The number of nitrogens with one attached hydrogen (secondary N) is 1. The summed E-state index contributed by atoms with van der Waals surface area (Å²) in [6, 6.07) is 9.44. The van der Waals surface area contributed by atoms with E-state index in [1.54, 1.807) is 6.20 Å². The van der Waals surface area contributed by atoms with Crippen LogP contribution in [0.25, 0.3) is 0 Å². The number of amides is 1. The quantitative estimate of drug-likeness (QED) is 0.882. The number of hydrogen-bond acceptors (Lipinski definition) is 3. The van der Waals surface area contributed by atoms with E-state index in [2.05, 4.69) is 10.3 Å². The monoisotopic (exact) mass is 232 g/mol. The molecule has 0 saturated heterocycles. The molecule has 0 aliphatic heterocycles. The number of hydrogen-bond donors (Lipinski definition) is 1. The average molecular weight is 232 g/mol. The molecule has 2 aromatic heterocycles. The van der Waals surface area contributed by atoms with Gasteiger partial charge in [0.25, 0.3) is 5.91 Å². The van der Waals surface area contributed by atoms with Crippen molar-refractivity contribution < 1.29 is 4.79 Å². The van der Waals surface area contributed by atoms with Gasteiger partial charge < -0.3 is 5.32 Å². The Balaban J connectivity index is 1.94. The van der Waals surface area contributed by atoms with Crippen molar-refractivity contribution in [1.29, 1.82) is 0 Å². The minimum absolute atomic E-state index is 0.0382. The van der Waals surface area contributed by atoms with Crippen LogP contribution in [0.3, 0.4) is 0 Å². The second-order valence-corrected chi connectivity index (χ2v) is 4.70. The number of rotatable bonds is 3. The minimum Gasteiger partial charge on any atom is -0.346 e. The largest absolute Gasteiger partial charge is 0.346 e. The first-order valence-electron chi connectivity index (χ1n) is 5.00. The minimum atomic E-state index is -0.0382. The maximum atomic E-state index is 11.7. The molecule has 3 nitrogen and oxygen atoms in total. The maximum absolute atomic E-state index is 11.7. The molecule has 4 heteroatoms. The highest BCUT2D eigenvalue weighted by Crippen LogP contribution is 2.14. The van der Waals surface area contributed by atoms with Crippen LogP contribution in [0, 0.1) is 6.92 Å². The number of nitrogens with zero attached hydrogens (tertiary/aromatic N) is 1. The number of aromatic nitrogens is 1. The van der Waals surface area contributed by atoms with Gasteiger partial charge in [0.05, 0.1) is 17.1 Å². The molecule has 1 amide bonds. The first kappa shape index (κ1) is 10.8. The van der Waals surface area contributed by atoms with Crippen LogP contribution in [-0.4, -0.2) is 10.9 Å². The van der Waals surface area contributed by atoms with Crippen LogP contribution in [0.15, 0.2) is 36.5 Å². The van der Waals surface area contributed by atoms with Gasteiger partial charge in [0.2, 0.25) is 0 Å². The van der Waals surface area contributed by atoms with E-state index in [9.17, 15) is 4.79 Å². The van der Waals surface area contributed by atoms with E-state index in [1.807, 2.05) is 37.3 Å². The Kier molecular flexibility index (Phi) is 3.31. The van der Waals surface area contributed by atoms with Gasteiger partial charge in [0, 0.05) is 11.1 Å². The second kappa shape index (κ2) is 4.90. The molecule has 0 aromatic carbocycles. The van der Waals surface area contributed by atoms with E-state index in [1.165, 1.54) is 11.3 Å². The molecule has 0 radical (unpaired) electrons. The Labute approximate surface area is 98.2 Å². The summed E-state index contributed by atoms with van der Waals surface area (Å²) in [5, 5.41) is 2.84. The van der Waals surface area contributed by atoms with E-state index >= 15 is 0 Å². The molecular weight excluding hydrogens is 220 g/mol. The van der Waals surface area contributed by atoms with Gasteiger partial charge in [-0.05, 0) is 31.2 Å². The summed E-state index contributed by atoms with van der Waals surface area (Å²) in [4.78, 5) is 17.7. The van der Waals surface area contributed by atoms with Crippen molar-refractivity contribution in [2.24, 2.45) is 0 Å². The lowest BCUT2D eigenvalue weighted by molar-refractivity contribution is 0.0954. The number of carbonyl (C=O) groups excluding carboxylic acids is 1. The Morgan fingerprint density at radius 2 is 2.25 bits per heavy atom. The van der Waals surface area contributed by atoms with Crippen molar-refractivity contribution in [2.45, 2.75) is 13.5 Å². The van der Waals surface area contributed by atoms with E-state index < -0.39 is 0 Å². The van der Waals surface area contributed by atoms with Crippen molar-refractivity contribution in [2.75, 3.05) is 0 Å². The molecule has 82 valence electrons. The highest BCUT2D eigenvalue weighted by atomic mass is 32.1. The molecule has 2 rings (SSSR count). The van der Waals surface area contributed by atoms with Gasteiger partial charge in [-0.3, -0.25) is 9.78 Å². The predicted octanol–water partition coefficient (Wildman–Crippen LogP) is 2.38. The average Bonchev–Trinajstić information content (AvgIpc) is 2.74. The fraction of sp³-hybridized carbons (Fsp3) is 0.167. The summed E-state index contributed by atoms with van der Waals surface area (Å²) >= 11 is 1.50. The van der Waals surface area contributed by atoms with Crippen LogP contribution in [-0.2, 0) is 6.54 Å². The summed E-state index contributed by atoms with van der Waals surface area (Å²) in [5.41, 5.74) is 0.865. The highest BCUT2D eigenvalue weighted by Gasteiger charge is 2.07. The lowest BCUT2D eigenvalue weighted by Crippen LogP contribution is -2.22. The van der Waals surface area contributed by atoms with Crippen molar-refractivity contribution in [3.63, 3.8) is 0 Å². The zero-order valence-electron chi connectivity index (χ0n) is 8.93. The number of thiophene rings is 1. The molecule has 0 unspecified atom stereocenters. The zero-order valence-corrected chi connectivity index (χ0v) is 9.75. The van der Waals surface area contributed by atoms with Gasteiger partial charge in [-0.2, -0.15) is 0 Å². The molecule has 16 heavy (non-hydrogen) atoms. The fourth-order valence-electron chi connectivity index (χ4n) is 1.32. The van der Waals surface area contributed by atoms with Gasteiger partial charge in [0.1, 0.15) is 0 Å². The van der Waals surface area contributed by atoms with Gasteiger partial charge in [0.15, 0.2) is 0 Å². The van der Waals surface area contributed by atoms with Gasteiger partial charge in [-0.25, -0.2) is 0 Å². The normalized spacial score (nSPS) is 10.1. The molecule has 0 saturated carbocycles. The van der Waals surface area contributed by atoms with Gasteiger partial charge in [-0.15, -0.1) is 11.3 Å².